The van der Waals surface area contributed by atoms with Gasteiger partial charge in [-0.05, 0) is 50.2 Å². The van der Waals surface area contributed by atoms with E-state index < -0.39 is 21.8 Å². The topological polar surface area (TPSA) is 64.0 Å². The number of benzene rings is 2. The molecule has 0 aliphatic heterocycles. The molecule has 2 aromatic carbocycles. The fourth-order valence-corrected chi connectivity index (χ4v) is 3.82. The Morgan fingerprint density at radius 2 is 1.61 bits per heavy atom. The average molecular weight is 409 g/mol. The lowest BCUT2D eigenvalue weighted by Gasteiger charge is -2.10. The second kappa shape index (κ2) is 7.40. The van der Waals surface area contributed by atoms with Gasteiger partial charge in [-0.15, -0.1) is 0 Å². The van der Waals surface area contributed by atoms with Gasteiger partial charge in [0.2, 0.25) is 10.0 Å². The predicted molar refractivity (Wildman–Crippen MR) is 98.5 cm³/mol. The predicted octanol–water partition coefficient (Wildman–Crippen LogP) is 3.99. The molecule has 9 heteroatoms. The van der Waals surface area contributed by atoms with Crippen LogP contribution in [0.15, 0.2) is 59.5 Å². The molecule has 3 aromatic rings. The molecule has 28 heavy (non-hydrogen) atoms. The number of aromatic nitrogens is 2. The molecule has 1 N–H and O–H groups in total. The summed E-state index contributed by atoms with van der Waals surface area (Å²) in [6.07, 6.45) is -4.52. The SMILES string of the molecule is Cc1nn(-c2ccccc2)c(C)c1CNS(=O)(=O)c1ccc(C(F)(F)F)cc1. The number of sulfonamides is 1. The molecular formula is C19H18F3N3O2S. The minimum atomic E-state index is -4.52. The van der Waals surface area contributed by atoms with Gasteiger partial charge < -0.3 is 0 Å². The molecule has 1 aromatic heterocycles. The van der Waals surface area contributed by atoms with Gasteiger partial charge in [-0.25, -0.2) is 17.8 Å². The zero-order valence-corrected chi connectivity index (χ0v) is 16.0. The number of hydrogen-bond acceptors (Lipinski definition) is 3. The van der Waals surface area contributed by atoms with Crippen molar-refractivity contribution in [1.82, 2.24) is 14.5 Å². The Bertz CT molecular complexity index is 1070. The second-order valence-electron chi connectivity index (χ2n) is 6.24. The monoisotopic (exact) mass is 409 g/mol. The lowest BCUT2D eigenvalue weighted by Crippen LogP contribution is -2.24. The molecule has 0 spiro atoms. The van der Waals surface area contributed by atoms with E-state index in [1.165, 1.54) is 0 Å². The van der Waals surface area contributed by atoms with E-state index in [-0.39, 0.29) is 11.4 Å². The third-order valence-corrected chi connectivity index (χ3v) is 5.79. The first kappa shape index (κ1) is 20.1. The average Bonchev–Trinajstić information content (AvgIpc) is 2.94. The molecule has 0 atom stereocenters. The quantitative estimate of drug-likeness (QED) is 0.693. The van der Waals surface area contributed by atoms with Crippen LogP contribution >= 0.6 is 0 Å². The van der Waals surface area contributed by atoms with E-state index in [0.717, 1.165) is 35.6 Å². The van der Waals surface area contributed by atoms with E-state index in [2.05, 4.69) is 9.82 Å². The van der Waals surface area contributed by atoms with Crippen molar-refractivity contribution >= 4 is 10.0 Å². The van der Waals surface area contributed by atoms with Crippen LogP contribution in [0.2, 0.25) is 0 Å². The molecule has 0 saturated carbocycles. The van der Waals surface area contributed by atoms with Crippen molar-refractivity contribution in [1.29, 1.82) is 0 Å². The highest BCUT2D eigenvalue weighted by Crippen LogP contribution is 2.29. The van der Waals surface area contributed by atoms with Crippen LogP contribution in [0.3, 0.4) is 0 Å². The summed E-state index contributed by atoms with van der Waals surface area (Å²) in [6, 6.07) is 12.8. The highest BCUT2D eigenvalue weighted by Gasteiger charge is 2.30. The van der Waals surface area contributed by atoms with Crippen LogP contribution in [-0.2, 0) is 22.7 Å². The van der Waals surface area contributed by atoms with Gasteiger partial charge in [0.15, 0.2) is 0 Å². The first-order valence-corrected chi connectivity index (χ1v) is 9.85. The standard InChI is InChI=1S/C19H18F3N3O2S/c1-13-18(14(2)25(24-13)16-6-4-3-5-7-16)12-23-28(26,27)17-10-8-15(9-11-17)19(20,21)22/h3-11,23H,12H2,1-2H3. The normalized spacial score (nSPS) is 12.3. The Morgan fingerprint density at radius 3 is 2.18 bits per heavy atom. The van der Waals surface area contributed by atoms with Crippen LogP contribution in [0, 0.1) is 13.8 Å². The third kappa shape index (κ3) is 4.10. The number of halogens is 3. The number of para-hydroxylation sites is 1. The molecule has 1 heterocycles. The van der Waals surface area contributed by atoms with E-state index in [4.69, 9.17) is 0 Å². The molecule has 5 nitrogen and oxygen atoms in total. The largest absolute Gasteiger partial charge is 0.416 e. The first-order valence-electron chi connectivity index (χ1n) is 8.37. The van der Waals surface area contributed by atoms with Gasteiger partial charge >= 0.3 is 6.18 Å². The number of aryl methyl sites for hydroxylation is 1. The van der Waals surface area contributed by atoms with Crippen molar-refractivity contribution in [3.63, 3.8) is 0 Å². The van der Waals surface area contributed by atoms with Gasteiger partial charge in [-0.3, -0.25) is 0 Å². The zero-order valence-electron chi connectivity index (χ0n) is 15.2. The lowest BCUT2D eigenvalue weighted by atomic mass is 10.2. The van der Waals surface area contributed by atoms with Gasteiger partial charge in [-0.2, -0.15) is 18.3 Å². The summed E-state index contributed by atoms with van der Waals surface area (Å²) in [4.78, 5) is -0.230. The molecule has 0 aliphatic rings. The molecule has 148 valence electrons. The van der Waals surface area contributed by atoms with Crippen molar-refractivity contribution in [2.75, 3.05) is 0 Å². The molecule has 0 bridgehead atoms. The Morgan fingerprint density at radius 1 is 1.00 bits per heavy atom. The number of nitrogens with one attached hydrogen (secondary N) is 1. The van der Waals surface area contributed by atoms with Crippen LogP contribution < -0.4 is 4.72 Å². The highest BCUT2D eigenvalue weighted by molar-refractivity contribution is 7.89. The minimum absolute atomic E-state index is 0.0200. The van der Waals surface area contributed by atoms with Gasteiger partial charge in [0.05, 0.1) is 21.8 Å². The smallest absolute Gasteiger partial charge is 0.238 e. The van der Waals surface area contributed by atoms with E-state index in [1.807, 2.05) is 37.3 Å². The van der Waals surface area contributed by atoms with Crippen molar-refractivity contribution in [3.8, 4) is 5.69 Å². The molecule has 0 saturated heterocycles. The molecule has 0 radical (unpaired) electrons. The first-order chi connectivity index (χ1) is 13.1. The molecule has 0 fully saturated rings. The summed E-state index contributed by atoms with van der Waals surface area (Å²) in [5, 5.41) is 4.45. The van der Waals surface area contributed by atoms with Crippen LogP contribution in [-0.4, -0.2) is 18.2 Å². The summed E-state index contributed by atoms with van der Waals surface area (Å²) < 4.78 is 67.0. The number of rotatable bonds is 5. The van der Waals surface area contributed by atoms with Gasteiger partial charge in [0.1, 0.15) is 0 Å². The maximum atomic E-state index is 12.6. The van der Waals surface area contributed by atoms with Crippen LogP contribution in [0.25, 0.3) is 5.69 Å². The molecular weight excluding hydrogens is 391 g/mol. The summed E-state index contributed by atoms with van der Waals surface area (Å²) >= 11 is 0. The number of nitrogens with zero attached hydrogens (tertiary/aromatic N) is 2. The summed E-state index contributed by atoms with van der Waals surface area (Å²) in [5.74, 6) is 0. The Balaban J connectivity index is 1.81. The van der Waals surface area contributed by atoms with E-state index in [0.29, 0.717) is 11.3 Å². The van der Waals surface area contributed by atoms with E-state index >= 15 is 0 Å². The zero-order chi connectivity index (χ0) is 20.5. The van der Waals surface area contributed by atoms with Gasteiger partial charge in [0.25, 0.3) is 0 Å². The minimum Gasteiger partial charge on any atom is -0.238 e. The van der Waals surface area contributed by atoms with Crippen LogP contribution in [0.5, 0.6) is 0 Å². The molecule has 0 amide bonds. The van der Waals surface area contributed by atoms with Crippen molar-refractivity contribution < 1.29 is 21.6 Å². The maximum Gasteiger partial charge on any atom is 0.416 e. The van der Waals surface area contributed by atoms with E-state index in [1.54, 1.807) is 11.6 Å². The van der Waals surface area contributed by atoms with Crippen LogP contribution in [0.1, 0.15) is 22.5 Å². The summed E-state index contributed by atoms with van der Waals surface area (Å²) in [5.41, 5.74) is 2.09. The lowest BCUT2D eigenvalue weighted by molar-refractivity contribution is -0.137. The summed E-state index contributed by atoms with van der Waals surface area (Å²) in [7, 11) is -3.96. The molecule has 3 rings (SSSR count). The van der Waals surface area contributed by atoms with Gasteiger partial charge in [-0.1, -0.05) is 18.2 Å². The third-order valence-electron chi connectivity index (χ3n) is 4.37. The fraction of sp³-hybridized carbons (Fsp3) is 0.211. The van der Waals surface area contributed by atoms with Crippen molar-refractivity contribution in [3.05, 3.63) is 77.1 Å². The molecule has 0 unspecified atom stereocenters. The summed E-state index contributed by atoms with van der Waals surface area (Å²) in [6.45, 7) is 3.58. The van der Waals surface area contributed by atoms with Crippen molar-refractivity contribution in [2.24, 2.45) is 0 Å². The Hall–Kier alpha value is -2.65. The number of alkyl halides is 3. The Labute approximate surface area is 160 Å². The Kier molecular flexibility index (Phi) is 5.31. The maximum absolute atomic E-state index is 12.6. The highest BCUT2D eigenvalue weighted by atomic mass is 32.2. The second-order valence-corrected chi connectivity index (χ2v) is 8.01. The van der Waals surface area contributed by atoms with Crippen LogP contribution in [0.4, 0.5) is 13.2 Å². The molecule has 0 aliphatic carbocycles. The number of hydrogen-bond donors (Lipinski definition) is 1. The van der Waals surface area contributed by atoms with Crippen molar-refractivity contribution in [2.45, 2.75) is 31.5 Å². The van der Waals surface area contributed by atoms with E-state index in [9.17, 15) is 21.6 Å². The fourth-order valence-electron chi connectivity index (χ4n) is 2.82. The van der Waals surface area contributed by atoms with Gasteiger partial charge in [0, 0.05) is 17.8 Å².